The fourth-order valence-electron chi connectivity index (χ4n) is 5.79. The van der Waals surface area contributed by atoms with E-state index in [1.807, 2.05) is 29.7 Å². The molecule has 35 heavy (non-hydrogen) atoms. The fraction of sp³-hybridized carbons (Fsp3) is 0.704. The van der Waals surface area contributed by atoms with Crippen molar-refractivity contribution in [2.45, 2.75) is 83.4 Å². The highest BCUT2D eigenvalue weighted by molar-refractivity contribution is 7.99. The molecule has 3 aliphatic rings. The van der Waals surface area contributed by atoms with Gasteiger partial charge in [-0.15, -0.1) is 0 Å². The molecule has 2 atom stereocenters. The van der Waals surface area contributed by atoms with E-state index in [0.717, 1.165) is 55.1 Å². The fourth-order valence-corrected chi connectivity index (χ4v) is 6.69. The first kappa shape index (κ1) is 26.1. The maximum atomic E-state index is 13.7. The third-order valence-corrected chi connectivity index (χ3v) is 8.57. The van der Waals surface area contributed by atoms with Crippen LogP contribution in [0.3, 0.4) is 0 Å². The molecule has 0 aromatic heterocycles. The van der Waals surface area contributed by atoms with Crippen molar-refractivity contribution in [2.75, 3.05) is 36.0 Å². The first-order chi connectivity index (χ1) is 16.7. The highest BCUT2D eigenvalue weighted by atomic mass is 32.2. The monoisotopic (exact) mass is 505 g/mol. The zero-order valence-electron chi connectivity index (χ0n) is 21.4. The summed E-state index contributed by atoms with van der Waals surface area (Å²) >= 11 is 1.86. The van der Waals surface area contributed by atoms with E-state index in [2.05, 4.69) is 24.1 Å². The van der Waals surface area contributed by atoms with Gasteiger partial charge < -0.3 is 19.9 Å². The average molecular weight is 506 g/mol. The van der Waals surface area contributed by atoms with Crippen molar-refractivity contribution < 1.29 is 18.7 Å². The molecule has 194 valence electrons. The summed E-state index contributed by atoms with van der Waals surface area (Å²) in [7, 11) is 0. The normalized spacial score (nSPS) is 21.8. The maximum absolute atomic E-state index is 13.7. The number of alkyl carbamates (subject to hydrolysis) is 1. The van der Waals surface area contributed by atoms with Gasteiger partial charge in [-0.05, 0) is 63.3 Å². The number of carbonyl (C=O) groups is 2. The molecule has 0 spiro atoms. The van der Waals surface area contributed by atoms with Gasteiger partial charge in [-0.2, -0.15) is 11.8 Å². The number of nitrogens with zero attached hydrogens (tertiary/aromatic N) is 2. The minimum atomic E-state index is -0.722. The second-order valence-electron chi connectivity index (χ2n) is 11.0. The molecule has 1 saturated heterocycles. The molecule has 1 aromatic carbocycles. The number of nitrogens with one attached hydrogen (secondary N) is 1. The lowest BCUT2D eigenvalue weighted by molar-refractivity contribution is -0.141. The SMILES string of the molecule is C[C@@H](CN1c2ccc(F)cc2CC1(C)C)NC(=O)OC(CC1CCCCC1)C(=O)N1CCSCC1. The number of carbonyl (C=O) groups excluding carboxylic acids is 2. The predicted molar refractivity (Wildman–Crippen MR) is 139 cm³/mol. The highest BCUT2D eigenvalue weighted by Crippen LogP contribution is 2.39. The maximum Gasteiger partial charge on any atom is 0.408 e. The van der Waals surface area contributed by atoms with Crippen LogP contribution in [0, 0.1) is 11.7 Å². The van der Waals surface area contributed by atoms with Gasteiger partial charge in [0, 0.05) is 48.4 Å². The summed E-state index contributed by atoms with van der Waals surface area (Å²) in [6.07, 6.45) is 5.94. The lowest BCUT2D eigenvalue weighted by atomic mass is 9.85. The Morgan fingerprint density at radius 1 is 1.20 bits per heavy atom. The number of fused-ring (bicyclic) bond motifs is 1. The van der Waals surface area contributed by atoms with E-state index in [1.165, 1.54) is 25.3 Å². The largest absolute Gasteiger partial charge is 0.436 e. The van der Waals surface area contributed by atoms with Crippen LogP contribution in [0.5, 0.6) is 0 Å². The molecule has 4 rings (SSSR count). The Morgan fingerprint density at radius 3 is 2.63 bits per heavy atom. The van der Waals surface area contributed by atoms with E-state index < -0.39 is 12.2 Å². The standard InChI is InChI=1S/C27H40FN3O3S/c1-19(18-31-23-10-9-22(28)16-21(23)17-27(31,2)3)29-26(33)34-24(15-20-7-5-4-6-8-20)25(32)30-11-13-35-14-12-30/h9-10,16,19-20,24H,4-8,11-15,17-18H2,1-3H3,(H,29,33)/t19-,24?/m0/s1. The van der Waals surface area contributed by atoms with Crippen LogP contribution in [0.15, 0.2) is 18.2 Å². The zero-order chi connectivity index (χ0) is 25.0. The number of amides is 2. The Morgan fingerprint density at radius 2 is 1.91 bits per heavy atom. The van der Waals surface area contributed by atoms with Crippen molar-refractivity contribution >= 4 is 29.4 Å². The van der Waals surface area contributed by atoms with E-state index in [0.29, 0.717) is 18.9 Å². The topological polar surface area (TPSA) is 61.9 Å². The Hall–Kier alpha value is -1.96. The van der Waals surface area contributed by atoms with Gasteiger partial charge in [-0.3, -0.25) is 4.79 Å². The van der Waals surface area contributed by atoms with E-state index in [-0.39, 0.29) is 23.3 Å². The smallest absolute Gasteiger partial charge is 0.408 e. The molecule has 2 heterocycles. The summed E-state index contributed by atoms with van der Waals surface area (Å²) in [5.41, 5.74) is 1.82. The number of hydrogen-bond donors (Lipinski definition) is 1. The Labute approximate surface area is 213 Å². The molecule has 8 heteroatoms. The molecule has 1 saturated carbocycles. The molecule has 2 amide bonds. The molecule has 1 unspecified atom stereocenters. The van der Waals surface area contributed by atoms with Gasteiger partial charge in [0.25, 0.3) is 5.91 Å². The summed E-state index contributed by atoms with van der Waals surface area (Å²) < 4.78 is 19.6. The number of anilines is 1. The second kappa shape index (κ2) is 11.4. The molecule has 1 aromatic rings. The predicted octanol–water partition coefficient (Wildman–Crippen LogP) is 5.00. The molecule has 1 N–H and O–H groups in total. The van der Waals surface area contributed by atoms with Crippen molar-refractivity contribution in [3.05, 3.63) is 29.6 Å². The van der Waals surface area contributed by atoms with Crippen LogP contribution >= 0.6 is 11.8 Å². The van der Waals surface area contributed by atoms with Gasteiger partial charge >= 0.3 is 6.09 Å². The van der Waals surface area contributed by atoms with Crippen molar-refractivity contribution in [2.24, 2.45) is 5.92 Å². The van der Waals surface area contributed by atoms with Gasteiger partial charge in [0.05, 0.1) is 0 Å². The minimum absolute atomic E-state index is 0.0460. The van der Waals surface area contributed by atoms with E-state index in [9.17, 15) is 14.0 Å². The van der Waals surface area contributed by atoms with Gasteiger partial charge in [0.2, 0.25) is 0 Å². The number of halogens is 1. The van der Waals surface area contributed by atoms with Crippen LogP contribution in [0.1, 0.15) is 64.9 Å². The van der Waals surface area contributed by atoms with Crippen LogP contribution in [0.25, 0.3) is 0 Å². The Kier molecular flexibility index (Phi) is 8.50. The van der Waals surface area contributed by atoms with Crippen LogP contribution < -0.4 is 10.2 Å². The number of thioether (sulfide) groups is 1. The van der Waals surface area contributed by atoms with Crippen molar-refractivity contribution in [1.82, 2.24) is 10.2 Å². The first-order valence-electron chi connectivity index (χ1n) is 13.1. The zero-order valence-corrected chi connectivity index (χ0v) is 22.2. The third-order valence-electron chi connectivity index (χ3n) is 7.63. The van der Waals surface area contributed by atoms with Gasteiger partial charge in [0.1, 0.15) is 5.82 Å². The van der Waals surface area contributed by atoms with Gasteiger partial charge in [-0.25, -0.2) is 9.18 Å². The van der Waals surface area contributed by atoms with Gasteiger partial charge in [0.15, 0.2) is 6.10 Å². The summed E-state index contributed by atoms with van der Waals surface area (Å²) in [5, 5.41) is 2.96. The molecular weight excluding hydrogens is 465 g/mol. The van der Waals surface area contributed by atoms with Crippen molar-refractivity contribution in [3.63, 3.8) is 0 Å². The van der Waals surface area contributed by atoms with Crippen molar-refractivity contribution in [3.8, 4) is 0 Å². The molecule has 2 fully saturated rings. The summed E-state index contributed by atoms with van der Waals surface area (Å²) in [6.45, 7) is 8.22. The Balaban J connectivity index is 1.37. The average Bonchev–Trinajstić information content (AvgIpc) is 3.07. The van der Waals surface area contributed by atoms with Crippen LogP contribution in [0.4, 0.5) is 14.9 Å². The lowest BCUT2D eigenvalue weighted by Gasteiger charge is -2.36. The molecule has 2 aliphatic heterocycles. The highest BCUT2D eigenvalue weighted by Gasteiger charge is 2.37. The lowest BCUT2D eigenvalue weighted by Crippen LogP contribution is -2.51. The van der Waals surface area contributed by atoms with Crippen LogP contribution in [-0.4, -0.2) is 65.7 Å². The van der Waals surface area contributed by atoms with Crippen molar-refractivity contribution in [1.29, 1.82) is 0 Å². The van der Waals surface area contributed by atoms with Crippen LogP contribution in [-0.2, 0) is 16.0 Å². The summed E-state index contributed by atoms with van der Waals surface area (Å²) in [6, 6.07) is 4.71. The molecule has 1 aliphatic carbocycles. The number of rotatable bonds is 7. The summed E-state index contributed by atoms with van der Waals surface area (Å²) in [5.74, 6) is 2.03. The molecular formula is C27H40FN3O3S. The second-order valence-corrected chi connectivity index (χ2v) is 12.2. The Bertz CT molecular complexity index is 900. The molecule has 0 radical (unpaired) electrons. The van der Waals surface area contributed by atoms with Crippen LogP contribution in [0.2, 0.25) is 0 Å². The quantitative estimate of drug-likeness (QED) is 0.565. The number of ether oxygens (including phenoxy) is 1. The van der Waals surface area contributed by atoms with Gasteiger partial charge in [-0.1, -0.05) is 32.1 Å². The molecule has 0 bridgehead atoms. The number of benzene rings is 1. The number of hydrogen-bond acceptors (Lipinski definition) is 5. The third kappa shape index (κ3) is 6.63. The summed E-state index contributed by atoms with van der Waals surface area (Å²) in [4.78, 5) is 30.3. The van der Waals surface area contributed by atoms with E-state index >= 15 is 0 Å². The first-order valence-corrected chi connectivity index (χ1v) is 14.3. The molecule has 6 nitrogen and oxygen atoms in total. The minimum Gasteiger partial charge on any atom is -0.436 e. The van der Waals surface area contributed by atoms with E-state index in [1.54, 1.807) is 6.07 Å². The van der Waals surface area contributed by atoms with E-state index in [4.69, 9.17) is 4.74 Å².